The van der Waals surface area contributed by atoms with E-state index < -0.39 is 63.0 Å². The Hall–Kier alpha value is -3.09. The van der Waals surface area contributed by atoms with E-state index in [1.165, 1.54) is 107 Å². The first-order chi connectivity index (χ1) is 28.4. The summed E-state index contributed by atoms with van der Waals surface area (Å²) >= 11 is 0. The lowest BCUT2D eigenvalue weighted by atomic mass is 10.00. The first kappa shape index (κ1) is 48.6. The number of hydrogen-bond acceptors (Lipinski definition) is 13. The predicted octanol–water partition coefficient (Wildman–Crippen LogP) is 6.64. The summed E-state index contributed by atoms with van der Waals surface area (Å²) in [7, 11) is -3.31. The Bertz CT molecular complexity index is 1750. The largest absolute Gasteiger partial charge is 0.478 e. The third kappa shape index (κ3) is 15.1. The molecule has 332 valence electrons. The van der Waals surface area contributed by atoms with E-state index in [9.17, 15) is 34.0 Å². The van der Waals surface area contributed by atoms with E-state index in [0.717, 1.165) is 31.4 Å². The summed E-state index contributed by atoms with van der Waals surface area (Å²) in [6.07, 6.45) is 15.8. The Labute approximate surface area is 346 Å². The number of aromatic nitrogens is 3. The highest BCUT2D eigenvalue weighted by atomic mass is 31.2. The highest BCUT2D eigenvalue weighted by Gasteiger charge is 2.56. The first-order valence-corrected chi connectivity index (χ1v) is 22.6. The lowest BCUT2D eigenvalue weighted by molar-refractivity contribution is -0.119. The Kier molecular flexibility index (Phi) is 20.6. The van der Waals surface area contributed by atoms with Crippen molar-refractivity contribution in [2.24, 2.45) is 0 Å². The maximum absolute atomic E-state index is 14.1. The maximum atomic E-state index is 14.1. The van der Waals surface area contributed by atoms with E-state index in [4.69, 9.17) is 29.0 Å². The van der Waals surface area contributed by atoms with Crippen LogP contribution in [-0.4, -0.2) is 98.7 Å². The molecule has 0 spiro atoms. The molecule has 1 unspecified atom stereocenters. The molecule has 1 aliphatic rings. The molecule has 6 atom stereocenters. The van der Waals surface area contributed by atoms with Gasteiger partial charge in [0.15, 0.2) is 11.5 Å². The number of carboxylic acids is 1. The first-order valence-electron chi connectivity index (χ1n) is 21.1. The van der Waals surface area contributed by atoms with Gasteiger partial charge in [0, 0.05) is 6.61 Å². The van der Waals surface area contributed by atoms with Gasteiger partial charge >= 0.3 is 13.8 Å². The molecule has 18 heteroatoms. The molecule has 0 bridgehead atoms. The molecule has 1 saturated heterocycles. The number of aromatic carboxylic acids is 1. The van der Waals surface area contributed by atoms with Crippen LogP contribution in [0.3, 0.4) is 0 Å². The fourth-order valence-corrected chi connectivity index (χ4v) is 8.06. The number of nitrogens with zero attached hydrogens (tertiary/aromatic N) is 3. The summed E-state index contributed by atoms with van der Waals surface area (Å²) in [5.74, 6) is -1.88. The number of benzene rings is 1. The second kappa shape index (κ2) is 25.0. The van der Waals surface area contributed by atoms with Crippen LogP contribution in [0.25, 0.3) is 5.52 Å². The van der Waals surface area contributed by atoms with Crippen LogP contribution in [0.4, 0.5) is 10.2 Å². The molecule has 16 nitrogen and oxygen atoms in total. The number of anilines is 1. The number of nitrogens with one attached hydrogen (secondary N) is 1. The fraction of sp³-hybridized carbons (Fsp3) is 0.683. The number of aliphatic hydroxyl groups is 2. The molecule has 0 amide bonds. The van der Waals surface area contributed by atoms with Crippen LogP contribution in [0.1, 0.15) is 131 Å². The van der Waals surface area contributed by atoms with Crippen LogP contribution in [0.2, 0.25) is 0 Å². The van der Waals surface area contributed by atoms with Gasteiger partial charge in [-0.3, -0.25) is 14.4 Å². The fourth-order valence-electron chi connectivity index (χ4n) is 7.30. The van der Waals surface area contributed by atoms with E-state index >= 15 is 0 Å². The van der Waals surface area contributed by atoms with E-state index in [1.807, 2.05) is 0 Å². The number of nitrogen functional groups attached to an aromatic ring is 1. The van der Waals surface area contributed by atoms with Gasteiger partial charge in [-0.05, 0) is 49.4 Å². The molecule has 1 aliphatic heterocycles. The predicted molar refractivity (Wildman–Crippen MR) is 219 cm³/mol. The van der Waals surface area contributed by atoms with Gasteiger partial charge in [0.1, 0.15) is 42.1 Å². The van der Waals surface area contributed by atoms with Crippen molar-refractivity contribution in [2.45, 2.75) is 146 Å². The normalized spacial score (nSPS) is 20.9. The Morgan fingerprint density at radius 3 is 2.20 bits per heavy atom. The maximum Gasteiger partial charge on any atom is 0.472 e. The summed E-state index contributed by atoms with van der Waals surface area (Å²) in [6, 6.07) is 6.50. The zero-order valence-electron chi connectivity index (χ0n) is 34.5. The zero-order chi connectivity index (χ0) is 42.7. The van der Waals surface area contributed by atoms with Crippen molar-refractivity contribution in [3.63, 3.8) is 0 Å². The summed E-state index contributed by atoms with van der Waals surface area (Å²) in [5, 5.41) is 38.4. The SMILES string of the molecule is CCCCCCCCCCCCCCCCCCOC[C@H](COP(=O)(O)OC[C@H]1O[C@@](NC)(c2ccc3c(N)ncnn23)[C@H](O)[C@@H]1O)OCc1cc(F)cc(C(=O)O)c1. The molecule has 4 rings (SSSR count). The average Bonchev–Trinajstić information content (AvgIpc) is 3.76. The number of phosphoric ester groups is 1. The van der Waals surface area contributed by atoms with Gasteiger partial charge in [-0.15, -0.1) is 0 Å². The van der Waals surface area contributed by atoms with Crippen LogP contribution >= 0.6 is 7.82 Å². The van der Waals surface area contributed by atoms with Crippen molar-refractivity contribution in [3.05, 3.63) is 59.3 Å². The number of halogens is 1. The van der Waals surface area contributed by atoms with Crippen LogP contribution in [0.15, 0.2) is 36.7 Å². The number of fused-ring (bicyclic) bond motifs is 1. The standard InChI is InChI=1S/C41H65FN5O11P/c1-3-4-5-6-7-8-9-10-11-12-13-14-15-16-17-18-21-54-26-33(55-25-30-22-31(40(50)51)24-32(42)23-30)27-56-59(52,53)57-28-35-37(48)38(49)41(44-2,58-35)36-20-19-34-39(43)45-29-46-47(34)36/h19-20,22-24,29,33,35,37-38,44,48-49H,3-18,21,25-28H2,1-2H3,(H,50,51)(H,52,53)(H2,43,45,46)/t33-,35-,37-,38-,41+/m1/s1. The van der Waals surface area contributed by atoms with Crippen molar-refractivity contribution in [2.75, 3.05) is 39.2 Å². The molecule has 1 aromatic carbocycles. The second-order valence-corrected chi connectivity index (χ2v) is 16.7. The highest BCUT2D eigenvalue weighted by molar-refractivity contribution is 7.47. The van der Waals surface area contributed by atoms with E-state index in [-0.39, 0.29) is 35.9 Å². The molecule has 59 heavy (non-hydrogen) atoms. The number of carbonyl (C=O) groups is 1. The van der Waals surface area contributed by atoms with Crippen molar-refractivity contribution in [3.8, 4) is 0 Å². The van der Waals surface area contributed by atoms with Crippen molar-refractivity contribution < 1.29 is 57.2 Å². The second-order valence-electron chi connectivity index (χ2n) is 15.3. The molecule has 7 N–H and O–H groups in total. The monoisotopic (exact) mass is 853 g/mol. The summed E-state index contributed by atoms with van der Waals surface area (Å²) in [6.45, 7) is 1.25. The number of carboxylic acid groups (broad SMARTS) is 1. The Morgan fingerprint density at radius 2 is 1.59 bits per heavy atom. The van der Waals surface area contributed by atoms with Crippen molar-refractivity contribution in [1.82, 2.24) is 19.9 Å². The Balaban J connectivity index is 1.21. The molecule has 0 saturated carbocycles. The average molecular weight is 854 g/mol. The van der Waals surface area contributed by atoms with Gasteiger partial charge in [-0.1, -0.05) is 103 Å². The summed E-state index contributed by atoms with van der Waals surface area (Å²) in [4.78, 5) is 26.0. The molecular formula is C41H65FN5O11P. The number of hydrogen-bond donors (Lipinski definition) is 6. The minimum absolute atomic E-state index is 0.0412. The molecule has 3 heterocycles. The minimum atomic E-state index is -4.81. The highest BCUT2D eigenvalue weighted by Crippen LogP contribution is 2.46. The lowest BCUT2D eigenvalue weighted by Gasteiger charge is -2.31. The van der Waals surface area contributed by atoms with Gasteiger partial charge in [-0.25, -0.2) is 23.2 Å². The van der Waals surface area contributed by atoms with Crippen LogP contribution in [0.5, 0.6) is 0 Å². The van der Waals surface area contributed by atoms with E-state index in [0.29, 0.717) is 12.1 Å². The number of likely N-dealkylation sites (N-methyl/N-ethyl adjacent to an activating group) is 1. The summed E-state index contributed by atoms with van der Waals surface area (Å²) in [5.41, 5.74) is 4.95. The Morgan fingerprint density at radius 1 is 0.966 bits per heavy atom. The third-order valence-electron chi connectivity index (χ3n) is 10.7. The number of nitrogens with two attached hydrogens (primary N) is 1. The van der Waals surface area contributed by atoms with Crippen molar-refractivity contribution in [1.29, 1.82) is 0 Å². The minimum Gasteiger partial charge on any atom is -0.478 e. The molecule has 0 aliphatic carbocycles. The molecule has 0 radical (unpaired) electrons. The van der Waals surface area contributed by atoms with E-state index in [2.05, 4.69) is 22.3 Å². The molecule has 3 aromatic rings. The van der Waals surface area contributed by atoms with Crippen LogP contribution in [-0.2, 0) is 40.2 Å². The van der Waals surface area contributed by atoms with Gasteiger partial charge < -0.3 is 40.2 Å². The van der Waals surface area contributed by atoms with Gasteiger partial charge in [0.25, 0.3) is 0 Å². The van der Waals surface area contributed by atoms with Crippen LogP contribution in [0, 0.1) is 5.82 Å². The van der Waals surface area contributed by atoms with E-state index in [1.54, 1.807) is 12.1 Å². The third-order valence-corrected chi connectivity index (χ3v) is 11.6. The van der Waals surface area contributed by atoms with Gasteiger partial charge in [0.2, 0.25) is 0 Å². The van der Waals surface area contributed by atoms with Gasteiger partial charge in [-0.2, -0.15) is 5.10 Å². The summed E-state index contributed by atoms with van der Waals surface area (Å²) < 4.78 is 56.8. The van der Waals surface area contributed by atoms with Gasteiger partial charge in [0.05, 0.1) is 37.7 Å². The number of ether oxygens (including phenoxy) is 3. The molecule has 2 aromatic heterocycles. The quantitative estimate of drug-likeness (QED) is 0.0294. The topological polar surface area (TPSA) is 229 Å². The smallest absolute Gasteiger partial charge is 0.472 e. The van der Waals surface area contributed by atoms with Crippen LogP contribution < -0.4 is 11.1 Å². The zero-order valence-corrected chi connectivity index (χ0v) is 35.4. The molecule has 1 fully saturated rings. The number of unbranched alkanes of at least 4 members (excludes halogenated alkanes) is 15. The molecular weight excluding hydrogens is 788 g/mol. The number of phosphoric acid groups is 1. The lowest BCUT2D eigenvalue weighted by Crippen LogP contribution is -2.51. The number of rotatable bonds is 31. The number of aliphatic hydroxyl groups excluding tert-OH is 2. The van der Waals surface area contributed by atoms with Crippen molar-refractivity contribution >= 4 is 25.1 Å².